The molecular weight excluding hydrogens is 160 g/mol. The molecule has 0 N–H and O–H groups in total. The fraction of sp³-hybridized carbons (Fsp3) is 0.600. The van der Waals surface area contributed by atoms with E-state index in [1.54, 1.807) is 13.8 Å². The van der Waals surface area contributed by atoms with E-state index in [4.69, 9.17) is 10.7 Å². The quantitative estimate of drug-likeness (QED) is 0.561. The van der Waals surface area contributed by atoms with Crippen LogP contribution in [0.25, 0.3) is 0 Å². The largest absolute Gasteiger partial charge is 0.257 e. The summed E-state index contributed by atoms with van der Waals surface area (Å²) in [6.07, 6.45) is 0. The third-order valence-electron chi connectivity index (χ3n) is 1.07. The monoisotopic (exact) mass is 168 g/mol. The Morgan fingerprint density at radius 3 is 1.56 bits per heavy atom. The zero-order valence-corrected chi connectivity index (χ0v) is 7.18. The van der Waals surface area contributed by atoms with Crippen LogP contribution < -0.4 is 0 Å². The van der Waals surface area contributed by atoms with Crippen LogP contribution >= 0.6 is 10.7 Å². The molecule has 0 aliphatic carbocycles. The number of allylic oxidation sites excluding steroid dienone is 2. The standard InChI is InChI=1S/C5H9ClO2S/c1-4(2)5(3)9(6,7)8/h1-3H3. The van der Waals surface area contributed by atoms with E-state index in [2.05, 4.69) is 0 Å². The van der Waals surface area contributed by atoms with Crippen molar-refractivity contribution in [1.29, 1.82) is 0 Å². The van der Waals surface area contributed by atoms with Crippen LogP contribution in [0.4, 0.5) is 0 Å². The van der Waals surface area contributed by atoms with Gasteiger partial charge in [-0.3, -0.25) is 0 Å². The van der Waals surface area contributed by atoms with Crippen LogP contribution in [0.5, 0.6) is 0 Å². The van der Waals surface area contributed by atoms with Crippen molar-refractivity contribution in [3.05, 3.63) is 10.5 Å². The first-order valence-corrected chi connectivity index (χ1v) is 4.75. The molecule has 0 heterocycles. The third-order valence-corrected chi connectivity index (χ3v) is 2.90. The summed E-state index contributed by atoms with van der Waals surface area (Å²) in [5.74, 6) is 0. The van der Waals surface area contributed by atoms with Gasteiger partial charge in [0.25, 0.3) is 9.05 Å². The van der Waals surface area contributed by atoms with Gasteiger partial charge in [-0.15, -0.1) is 0 Å². The van der Waals surface area contributed by atoms with Crippen molar-refractivity contribution in [2.24, 2.45) is 0 Å². The first-order valence-electron chi connectivity index (χ1n) is 2.44. The van der Waals surface area contributed by atoms with Crippen LogP contribution in [0.2, 0.25) is 0 Å². The van der Waals surface area contributed by atoms with E-state index < -0.39 is 9.05 Å². The Balaban J connectivity index is 4.86. The summed E-state index contributed by atoms with van der Waals surface area (Å²) in [5, 5.41) is 0. The lowest BCUT2D eigenvalue weighted by atomic mass is 10.3. The van der Waals surface area contributed by atoms with E-state index in [0.717, 1.165) is 5.57 Å². The molecule has 0 saturated heterocycles. The molecule has 0 aliphatic heterocycles. The molecule has 2 nitrogen and oxygen atoms in total. The molecule has 0 radical (unpaired) electrons. The van der Waals surface area contributed by atoms with Crippen molar-refractivity contribution in [3.8, 4) is 0 Å². The van der Waals surface area contributed by atoms with Crippen molar-refractivity contribution in [3.63, 3.8) is 0 Å². The number of rotatable bonds is 1. The Kier molecular flexibility index (Phi) is 2.70. The van der Waals surface area contributed by atoms with Crippen molar-refractivity contribution >= 4 is 19.7 Å². The average Bonchev–Trinajstić information content (AvgIpc) is 1.62. The molecular formula is C5H9ClO2S. The number of hydrogen-bond donors (Lipinski definition) is 0. The topological polar surface area (TPSA) is 34.1 Å². The van der Waals surface area contributed by atoms with Gasteiger partial charge >= 0.3 is 0 Å². The maximum absolute atomic E-state index is 10.5. The predicted octanol–water partition coefficient (Wildman–Crippen LogP) is 1.87. The lowest BCUT2D eigenvalue weighted by Crippen LogP contribution is -1.91. The summed E-state index contributed by atoms with van der Waals surface area (Å²) in [7, 11) is 1.54. The summed E-state index contributed by atoms with van der Waals surface area (Å²) in [5.41, 5.74) is 0.727. The Morgan fingerprint density at radius 2 is 1.56 bits per heavy atom. The molecule has 54 valence electrons. The summed E-state index contributed by atoms with van der Waals surface area (Å²) < 4.78 is 21.0. The van der Waals surface area contributed by atoms with Crippen LogP contribution in [-0.4, -0.2) is 8.42 Å². The zero-order chi connectivity index (χ0) is 7.65. The van der Waals surface area contributed by atoms with Gasteiger partial charge in [-0.2, -0.15) is 0 Å². The molecule has 0 aliphatic rings. The summed E-state index contributed by atoms with van der Waals surface area (Å²) in [6, 6.07) is 0. The average molecular weight is 169 g/mol. The molecule has 9 heavy (non-hydrogen) atoms. The second-order valence-electron chi connectivity index (χ2n) is 1.99. The van der Waals surface area contributed by atoms with Crippen LogP contribution in [0.15, 0.2) is 10.5 Å². The van der Waals surface area contributed by atoms with Gasteiger partial charge in [-0.05, 0) is 20.8 Å². The third kappa shape index (κ3) is 2.87. The molecule has 4 heteroatoms. The Hall–Kier alpha value is -0.0200. The maximum Gasteiger partial charge on any atom is 0.257 e. The van der Waals surface area contributed by atoms with Gasteiger partial charge in [0.2, 0.25) is 0 Å². The molecule has 0 rings (SSSR count). The van der Waals surface area contributed by atoms with Gasteiger partial charge in [0.1, 0.15) is 0 Å². The van der Waals surface area contributed by atoms with E-state index in [1.807, 2.05) is 0 Å². The molecule has 0 atom stereocenters. The Labute approximate surface area is 59.9 Å². The molecule has 0 amide bonds. The highest BCUT2D eigenvalue weighted by Crippen LogP contribution is 2.14. The van der Waals surface area contributed by atoms with Crippen molar-refractivity contribution < 1.29 is 8.42 Å². The minimum atomic E-state index is -3.45. The van der Waals surface area contributed by atoms with Gasteiger partial charge in [0, 0.05) is 10.7 Å². The van der Waals surface area contributed by atoms with Gasteiger partial charge in [0.05, 0.1) is 4.91 Å². The number of halogens is 1. The first kappa shape index (κ1) is 8.98. The SMILES string of the molecule is CC(C)=C(C)S(=O)(=O)Cl. The molecule has 0 unspecified atom stereocenters. The number of hydrogen-bond acceptors (Lipinski definition) is 2. The van der Waals surface area contributed by atoms with E-state index in [-0.39, 0.29) is 4.91 Å². The lowest BCUT2D eigenvalue weighted by Gasteiger charge is -1.95. The van der Waals surface area contributed by atoms with Gasteiger partial charge in [-0.1, -0.05) is 5.57 Å². The van der Waals surface area contributed by atoms with E-state index in [9.17, 15) is 8.42 Å². The van der Waals surface area contributed by atoms with Gasteiger partial charge in [-0.25, -0.2) is 8.42 Å². The van der Waals surface area contributed by atoms with E-state index in [0.29, 0.717) is 0 Å². The molecule has 0 bridgehead atoms. The molecule has 0 spiro atoms. The molecule has 0 fully saturated rings. The highest BCUT2D eigenvalue weighted by molar-refractivity contribution is 8.16. The van der Waals surface area contributed by atoms with Crippen molar-refractivity contribution in [2.75, 3.05) is 0 Å². The second-order valence-corrected chi connectivity index (χ2v) is 4.70. The van der Waals surface area contributed by atoms with E-state index >= 15 is 0 Å². The summed E-state index contributed by atoms with van der Waals surface area (Å²) in [4.78, 5) is 0.240. The minimum absolute atomic E-state index is 0.240. The lowest BCUT2D eigenvalue weighted by molar-refractivity contribution is 0.614. The predicted molar refractivity (Wildman–Crippen MR) is 38.8 cm³/mol. The fourth-order valence-electron chi connectivity index (χ4n) is 0.244. The van der Waals surface area contributed by atoms with Crippen LogP contribution in [-0.2, 0) is 9.05 Å². The molecule has 0 aromatic carbocycles. The van der Waals surface area contributed by atoms with Gasteiger partial charge in [0.15, 0.2) is 0 Å². The van der Waals surface area contributed by atoms with Crippen molar-refractivity contribution in [2.45, 2.75) is 20.8 Å². The Morgan fingerprint density at radius 1 is 1.22 bits per heavy atom. The fourth-order valence-corrected chi connectivity index (χ4v) is 1.19. The van der Waals surface area contributed by atoms with E-state index in [1.165, 1.54) is 6.92 Å². The summed E-state index contributed by atoms with van der Waals surface area (Å²) >= 11 is 0. The smallest absolute Gasteiger partial charge is 0.207 e. The molecule has 0 aromatic heterocycles. The Bertz CT molecular complexity index is 221. The molecule has 0 aromatic rings. The van der Waals surface area contributed by atoms with Crippen molar-refractivity contribution in [1.82, 2.24) is 0 Å². The van der Waals surface area contributed by atoms with Crippen LogP contribution in [0.3, 0.4) is 0 Å². The second kappa shape index (κ2) is 2.71. The summed E-state index contributed by atoms with van der Waals surface area (Å²) in [6.45, 7) is 4.89. The maximum atomic E-state index is 10.5. The zero-order valence-electron chi connectivity index (χ0n) is 5.60. The minimum Gasteiger partial charge on any atom is -0.207 e. The van der Waals surface area contributed by atoms with Crippen LogP contribution in [0.1, 0.15) is 20.8 Å². The highest BCUT2D eigenvalue weighted by Gasteiger charge is 2.08. The first-order chi connectivity index (χ1) is 3.85. The molecule has 0 saturated carbocycles. The van der Waals surface area contributed by atoms with Gasteiger partial charge < -0.3 is 0 Å². The highest BCUT2D eigenvalue weighted by atomic mass is 35.7. The normalized spacial score (nSPS) is 11.1. The van der Waals surface area contributed by atoms with Crippen LogP contribution in [0, 0.1) is 0 Å².